The second-order valence-corrected chi connectivity index (χ2v) is 11.9. The Labute approximate surface area is 213 Å². The fraction of sp³-hybridized carbons (Fsp3) is 0.538. The van der Waals surface area contributed by atoms with Crippen molar-refractivity contribution in [2.45, 2.75) is 90.1 Å². The molecule has 0 bridgehead atoms. The molecule has 0 radical (unpaired) electrons. The lowest BCUT2D eigenvalue weighted by Crippen LogP contribution is -2.33. The van der Waals surface area contributed by atoms with Crippen molar-refractivity contribution < 1.29 is 9.59 Å². The third-order valence-corrected chi connectivity index (χ3v) is 10.00. The summed E-state index contributed by atoms with van der Waals surface area (Å²) in [5.41, 5.74) is 2.33. The predicted molar refractivity (Wildman–Crippen MR) is 141 cm³/mol. The van der Waals surface area contributed by atoms with E-state index in [1.807, 2.05) is 28.8 Å². The summed E-state index contributed by atoms with van der Waals surface area (Å²) in [4.78, 5) is 29.9. The molecule has 2 aromatic heterocycles. The van der Waals surface area contributed by atoms with Crippen LogP contribution in [0.1, 0.15) is 97.5 Å². The molecule has 0 aromatic carbocycles. The Balaban J connectivity index is 1.66. The maximum absolute atomic E-state index is 13.1. The molecule has 0 spiro atoms. The van der Waals surface area contributed by atoms with E-state index in [4.69, 9.17) is 0 Å². The molecule has 2 amide bonds. The van der Waals surface area contributed by atoms with Crippen LogP contribution < -0.4 is 10.6 Å². The van der Waals surface area contributed by atoms with E-state index < -0.39 is 0 Å². The van der Waals surface area contributed by atoms with E-state index in [1.165, 1.54) is 54.7 Å². The Morgan fingerprint density at radius 1 is 0.848 bits per heavy atom. The number of aryl methyl sites for hydroxylation is 2. The molecular weight excluding hydrogens is 516 g/mol. The Hall–Kier alpha value is -1.44. The Bertz CT molecular complexity index is 1020. The summed E-state index contributed by atoms with van der Waals surface area (Å²) in [7, 11) is 0. The van der Waals surface area contributed by atoms with Crippen LogP contribution in [0.4, 0.5) is 0 Å². The Morgan fingerprint density at radius 3 is 2.06 bits per heavy atom. The monoisotopic (exact) mass is 548 g/mol. The lowest BCUT2D eigenvalue weighted by atomic mass is 9.96. The number of halogens is 1. The van der Waals surface area contributed by atoms with Crippen molar-refractivity contribution in [3.63, 3.8) is 0 Å². The van der Waals surface area contributed by atoms with Gasteiger partial charge in [-0.3, -0.25) is 9.59 Å². The van der Waals surface area contributed by atoms with E-state index in [0.717, 1.165) is 34.2 Å². The number of carbonyl (C=O) groups excluding carboxylic acids is 2. The van der Waals surface area contributed by atoms with E-state index in [1.54, 1.807) is 11.3 Å². The molecule has 7 heteroatoms. The molecule has 0 saturated heterocycles. The first-order valence-corrected chi connectivity index (χ1v) is 14.7. The van der Waals surface area contributed by atoms with E-state index in [0.29, 0.717) is 11.1 Å². The zero-order valence-electron chi connectivity index (χ0n) is 19.5. The zero-order valence-corrected chi connectivity index (χ0v) is 22.7. The normalized spacial score (nSPS) is 19.8. The van der Waals surface area contributed by atoms with Crippen molar-refractivity contribution in [1.82, 2.24) is 10.6 Å². The number of hydrogen-bond donors (Lipinski definition) is 2. The molecule has 4 rings (SSSR count). The van der Waals surface area contributed by atoms with Gasteiger partial charge in [0.05, 0.1) is 23.2 Å². The highest BCUT2D eigenvalue weighted by Gasteiger charge is 2.47. The van der Waals surface area contributed by atoms with Gasteiger partial charge in [-0.25, -0.2) is 0 Å². The summed E-state index contributed by atoms with van der Waals surface area (Å²) in [6, 6.07) is 3.24. The van der Waals surface area contributed by atoms with Crippen LogP contribution in [-0.2, 0) is 22.4 Å². The number of thiophene rings is 2. The number of hydrogen-bond acceptors (Lipinski definition) is 4. The minimum Gasteiger partial charge on any atom is -0.341 e. The van der Waals surface area contributed by atoms with Gasteiger partial charge in [0.25, 0.3) is 11.8 Å². The average Bonchev–Trinajstić information content (AvgIpc) is 3.56. The third-order valence-electron chi connectivity index (χ3n) is 6.57. The molecular formula is C26H33BrN2O2S2. The molecule has 2 atom stereocenters. The Morgan fingerprint density at radius 2 is 1.45 bits per heavy atom. The van der Waals surface area contributed by atoms with Crippen molar-refractivity contribution in [2.75, 3.05) is 0 Å². The molecule has 33 heavy (non-hydrogen) atoms. The molecule has 2 aliphatic rings. The SMILES string of the molecule is CCCCCCc1sc(CCCCCC)c(C2NC(=O)C3=C2C(=O)NC3c2cccs2)c1Br. The molecule has 4 nitrogen and oxygen atoms in total. The van der Waals surface area contributed by atoms with E-state index >= 15 is 0 Å². The van der Waals surface area contributed by atoms with Gasteiger partial charge < -0.3 is 10.6 Å². The second kappa shape index (κ2) is 11.3. The van der Waals surface area contributed by atoms with Gasteiger partial charge in [-0.2, -0.15) is 0 Å². The van der Waals surface area contributed by atoms with Crippen molar-refractivity contribution in [3.8, 4) is 0 Å². The minimum absolute atomic E-state index is 0.119. The van der Waals surface area contributed by atoms with Crippen molar-refractivity contribution in [1.29, 1.82) is 0 Å². The first kappa shape index (κ1) is 24.7. The van der Waals surface area contributed by atoms with E-state index in [-0.39, 0.29) is 23.9 Å². The van der Waals surface area contributed by atoms with Gasteiger partial charge in [0, 0.05) is 24.7 Å². The van der Waals surface area contributed by atoms with Crippen LogP contribution in [-0.4, -0.2) is 11.8 Å². The molecule has 2 aliphatic heterocycles. The highest BCUT2D eigenvalue weighted by atomic mass is 79.9. The van der Waals surface area contributed by atoms with Gasteiger partial charge in [-0.1, -0.05) is 58.4 Å². The summed E-state index contributed by atoms with van der Waals surface area (Å²) in [5.74, 6) is -0.238. The van der Waals surface area contributed by atoms with Crippen molar-refractivity contribution >= 4 is 50.4 Å². The fourth-order valence-corrected chi connectivity index (χ4v) is 7.99. The number of unbranched alkanes of at least 4 members (excludes halogenated alkanes) is 6. The minimum atomic E-state index is -0.367. The first-order chi connectivity index (χ1) is 16.1. The smallest absolute Gasteiger partial charge is 0.251 e. The lowest BCUT2D eigenvalue weighted by Gasteiger charge is -2.18. The molecule has 2 aromatic rings. The second-order valence-electron chi connectivity index (χ2n) is 8.95. The van der Waals surface area contributed by atoms with Crippen LogP contribution in [0.2, 0.25) is 0 Å². The molecule has 2 N–H and O–H groups in total. The molecule has 4 heterocycles. The average molecular weight is 550 g/mol. The summed E-state index contributed by atoms with van der Waals surface area (Å²) in [6.07, 6.45) is 11.8. The Kier molecular flexibility index (Phi) is 8.47. The number of nitrogens with one attached hydrogen (secondary N) is 2. The van der Waals surface area contributed by atoms with Gasteiger partial charge in [-0.15, -0.1) is 22.7 Å². The maximum atomic E-state index is 13.1. The number of carbonyl (C=O) groups is 2. The highest BCUT2D eigenvalue weighted by Crippen LogP contribution is 2.47. The number of amides is 2. The molecule has 0 aliphatic carbocycles. The summed E-state index contributed by atoms with van der Waals surface area (Å²) in [6.45, 7) is 4.46. The number of rotatable bonds is 12. The lowest BCUT2D eigenvalue weighted by molar-refractivity contribution is -0.118. The first-order valence-electron chi connectivity index (χ1n) is 12.3. The predicted octanol–water partition coefficient (Wildman–Crippen LogP) is 7.16. The van der Waals surface area contributed by atoms with Crippen LogP contribution in [0.5, 0.6) is 0 Å². The van der Waals surface area contributed by atoms with E-state index in [2.05, 4.69) is 40.4 Å². The van der Waals surface area contributed by atoms with Crippen LogP contribution in [0.15, 0.2) is 33.1 Å². The molecule has 0 saturated carbocycles. The maximum Gasteiger partial charge on any atom is 0.251 e. The van der Waals surface area contributed by atoms with Crippen molar-refractivity contribution in [2.24, 2.45) is 0 Å². The summed E-state index contributed by atoms with van der Waals surface area (Å²) in [5, 5.41) is 8.23. The van der Waals surface area contributed by atoms with Gasteiger partial charge in [0.15, 0.2) is 0 Å². The topological polar surface area (TPSA) is 58.2 Å². The van der Waals surface area contributed by atoms with Crippen LogP contribution in [0, 0.1) is 0 Å². The zero-order chi connectivity index (χ0) is 23.4. The van der Waals surface area contributed by atoms with E-state index in [9.17, 15) is 9.59 Å². The van der Waals surface area contributed by atoms with Crippen LogP contribution in [0.25, 0.3) is 0 Å². The summed E-state index contributed by atoms with van der Waals surface area (Å²) >= 11 is 7.35. The summed E-state index contributed by atoms with van der Waals surface area (Å²) < 4.78 is 1.10. The highest BCUT2D eigenvalue weighted by molar-refractivity contribution is 9.10. The van der Waals surface area contributed by atoms with Gasteiger partial charge in [-0.05, 0) is 53.1 Å². The van der Waals surface area contributed by atoms with Crippen LogP contribution in [0.3, 0.4) is 0 Å². The van der Waals surface area contributed by atoms with Gasteiger partial charge >= 0.3 is 0 Å². The molecule has 2 unspecified atom stereocenters. The van der Waals surface area contributed by atoms with Gasteiger partial charge in [0.2, 0.25) is 0 Å². The van der Waals surface area contributed by atoms with Crippen LogP contribution >= 0.6 is 38.6 Å². The molecule has 0 fully saturated rings. The fourth-order valence-electron chi connectivity index (χ4n) is 4.85. The quantitative estimate of drug-likeness (QED) is 0.276. The largest absolute Gasteiger partial charge is 0.341 e. The van der Waals surface area contributed by atoms with Crippen molar-refractivity contribution in [3.05, 3.63) is 53.3 Å². The van der Waals surface area contributed by atoms with Gasteiger partial charge in [0.1, 0.15) is 0 Å². The standard InChI is InChI=1S/C26H33BrN2O2S2/c1-3-5-7-9-12-16-19(22(27)17(33-16)13-10-8-6-4-2)24-21-20(25(30)29-24)23(28-26(21)31)18-14-11-15-32-18/h11,14-15,23-24H,3-10,12-13H2,1-2H3,(H,28,31)(H,29,30). The third kappa shape index (κ3) is 5.15. The molecule has 178 valence electrons.